The summed E-state index contributed by atoms with van der Waals surface area (Å²) in [6.45, 7) is 2.03. The summed E-state index contributed by atoms with van der Waals surface area (Å²) < 4.78 is 4.61. The maximum atomic E-state index is 10.8. The van der Waals surface area contributed by atoms with E-state index in [0.29, 0.717) is 12.4 Å². The predicted molar refractivity (Wildman–Crippen MR) is 48.0 cm³/mol. The van der Waals surface area contributed by atoms with Gasteiger partial charge in [-0.05, 0) is 13.2 Å². The number of ether oxygens (including phenoxy) is 1. The van der Waals surface area contributed by atoms with Crippen LogP contribution in [0.4, 0.5) is 0 Å². The van der Waals surface area contributed by atoms with E-state index in [9.17, 15) is 9.59 Å². The van der Waals surface area contributed by atoms with E-state index in [0.717, 1.165) is 0 Å². The average Bonchev–Trinajstić information content (AvgIpc) is 2.02. The summed E-state index contributed by atoms with van der Waals surface area (Å²) in [4.78, 5) is 21.5. The van der Waals surface area contributed by atoms with Crippen LogP contribution in [0.5, 0.6) is 0 Å². The zero-order chi connectivity index (χ0) is 9.40. The van der Waals surface area contributed by atoms with E-state index in [4.69, 9.17) is 0 Å². The van der Waals surface area contributed by atoms with Crippen LogP contribution >= 0.6 is 11.8 Å². The molecule has 0 aromatic rings. The molecule has 0 radical (unpaired) electrons. The number of thioether (sulfide) groups is 1. The first-order valence-electron chi connectivity index (χ1n) is 3.62. The molecule has 0 aromatic heterocycles. The summed E-state index contributed by atoms with van der Waals surface area (Å²) in [5.74, 6) is -0.165. The molecule has 0 aliphatic heterocycles. The zero-order valence-corrected chi connectivity index (χ0v) is 8.07. The van der Waals surface area contributed by atoms with E-state index in [1.165, 1.54) is 11.8 Å². The molecule has 0 aliphatic rings. The molecule has 1 amide bonds. The molecular formula is C7H13NO3S. The van der Waals surface area contributed by atoms with Crippen LogP contribution in [0.3, 0.4) is 0 Å². The monoisotopic (exact) mass is 191 g/mol. The average molecular weight is 191 g/mol. The molecule has 0 saturated heterocycles. The number of carbonyl (C=O) groups is 2. The maximum absolute atomic E-state index is 10.8. The number of amides is 1. The van der Waals surface area contributed by atoms with Crippen molar-refractivity contribution in [2.24, 2.45) is 0 Å². The molecule has 0 atom stereocenters. The number of esters is 1. The van der Waals surface area contributed by atoms with Gasteiger partial charge in [0.25, 0.3) is 0 Å². The maximum Gasteiger partial charge on any atom is 0.325 e. The van der Waals surface area contributed by atoms with Gasteiger partial charge in [-0.15, -0.1) is 0 Å². The second kappa shape index (κ2) is 6.97. The Balaban J connectivity index is 3.40. The third-order valence-corrected chi connectivity index (χ3v) is 1.56. The van der Waals surface area contributed by atoms with Crippen LogP contribution in [0, 0.1) is 0 Å². The van der Waals surface area contributed by atoms with E-state index >= 15 is 0 Å². The Morgan fingerprint density at radius 1 is 1.50 bits per heavy atom. The van der Waals surface area contributed by atoms with Crippen LogP contribution in [0.2, 0.25) is 0 Å². The number of nitrogens with one attached hydrogen (secondary N) is 1. The molecule has 5 heteroatoms. The highest BCUT2D eigenvalue weighted by Gasteiger charge is 2.03. The predicted octanol–water partition coefficient (Wildman–Crippen LogP) is 0.0287. The lowest BCUT2D eigenvalue weighted by Crippen LogP contribution is -2.31. The Morgan fingerprint density at radius 3 is 2.67 bits per heavy atom. The van der Waals surface area contributed by atoms with Gasteiger partial charge in [0, 0.05) is 0 Å². The summed E-state index contributed by atoms with van der Waals surface area (Å²) in [6, 6.07) is 0. The van der Waals surface area contributed by atoms with Gasteiger partial charge in [-0.2, -0.15) is 11.8 Å². The van der Waals surface area contributed by atoms with E-state index in [-0.39, 0.29) is 12.5 Å². The van der Waals surface area contributed by atoms with Gasteiger partial charge < -0.3 is 10.1 Å². The zero-order valence-electron chi connectivity index (χ0n) is 7.25. The van der Waals surface area contributed by atoms with Crippen molar-refractivity contribution in [1.29, 1.82) is 0 Å². The molecule has 1 N–H and O–H groups in total. The highest BCUT2D eigenvalue weighted by Crippen LogP contribution is 1.88. The van der Waals surface area contributed by atoms with Crippen LogP contribution in [0.25, 0.3) is 0 Å². The minimum absolute atomic E-state index is 0.0345. The molecule has 0 fully saturated rings. The number of hydrogen-bond donors (Lipinski definition) is 1. The molecule has 0 aliphatic carbocycles. The molecule has 0 aromatic carbocycles. The molecular weight excluding hydrogens is 178 g/mol. The lowest BCUT2D eigenvalue weighted by atomic mass is 10.6. The molecule has 12 heavy (non-hydrogen) atoms. The molecule has 0 saturated carbocycles. The van der Waals surface area contributed by atoms with Crippen LogP contribution in [-0.4, -0.2) is 37.0 Å². The lowest BCUT2D eigenvalue weighted by molar-refractivity contribution is -0.143. The molecule has 70 valence electrons. The minimum Gasteiger partial charge on any atom is -0.465 e. The summed E-state index contributed by atoms with van der Waals surface area (Å²) in [6.07, 6.45) is 1.82. The number of rotatable bonds is 5. The third-order valence-electron chi connectivity index (χ3n) is 1.01. The van der Waals surface area contributed by atoms with Crippen LogP contribution < -0.4 is 5.32 Å². The molecule has 0 heterocycles. The molecule has 4 nitrogen and oxygen atoms in total. The van der Waals surface area contributed by atoms with Crippen molar-refractivity contribution in [3.05, 3.63) is 0 Å². The second-order valence-corrected chi connectivity index (χ2v) is 2.88. The Hall–Kier alpha value is -0.710. The highest BCUT2D eigenvalue weighted by atomic mass is 32.2. The third kappa shape index (κ3) is 6.03. The lowest BCUT2D eigenvalue weighted by Gasteiger charge is -2.02. The number of hydrogen-bond acceptors (Lipinski definition) is 4. The first-order valence-corrected chi connectivity index (χ1v) is 5.01. The fraction of sp³-hybridized carbons (Fsp3) is 0.714. The normalized spacial score (nSPS) is 9.17. The highest BCUT2D eigenvalue weighted by molar-refractivity contribution is 7.99. The Labute approximate surface area is 76.0 Å². The summed E-state index contributed by atoms with van der Waals surface area (Å²) in [5, 5.41) is 2.43. The topological polar surface area (TPSA) is 55.4 Å². The fourth-order valence-electron chi connectivity index (χ4n) is 0.565. The molecule has 0 unspecified atom stereocenters. The first-order chi connectivity index (χ1) is 5.70. The van der Waals surface area contributed by atoms with Crippen LogP contribution in [0.1, 0.15) is 6.92 Å². The van der Waals surface area contributed by atoms with Gasteiger partial charge in [-0.3, -0.25) is 9.59 Å². The van der Waals surface area contributed by atoms with Crippen LogP contribution in [0.15, 0.2) is 0 Å². The quantitative estimate of drug-likeness (QED) is 0.623. The SMILES string of the molecule is CCOC(=O)CNC(=O)CSC. The summed E-state index contributed by atoms with van der Waals surface area (Å²) >= 11 is 1.41. The van der Waals surface area contributed by atoms with E-state index in [2.05, 4.69) is 10.1 Å². The van der Waals surface area contributed by atoms with Gasteiger partial charge >= 0.3 is 5.97 Å². The first kappa shape index (κ1) is 11.3. The Morgan fingerprint density at radius 2 is 2.17 bits per heavy atom. The molecule has 0 bridgehead atoms. The Kier molecular flexibility index (Phi) is 6.55. The van der Waals surface area contributed by atoms with Gasteiger partial charge in [0.1, 0.15) is 6.54 Å². The van der Waals surface area contributed by atoms with Crippen molar-refractivity contribution in [2.45, 2.75) is 6.92 Å². The fourth-order valence-corrected chi connectivity index (χ4v) is 0.929. The summed E-state index contributed by atoms with van der Waals surface area (Å²) in [7, 11) is 0. The van der Waals surface area contributed by atoms with Crippen LogP contribution in [-0.2, 0) is 14.3 Å². The largest absolute Gasteiger partial charge is 0.465 e. The van der Waals surface area contributed by atoms with Gasteiger partial charge in [-0.25, -0.2) is 0 Å². The van der Waals surface area contributed by atoms with Gasteiger partial charge in [0.05, 0.1) is 12.4 Å². The summed E-state index contributed by atoms with van der Waals surface area (Å²) in [5.41, 5.74) is 0. The standard InChI is InChI=1S/C7H13NO3S/c1-3-11-7(10)4-8-6(9)5-12-2/h3-5H2,1-2H3,(H,8,9). The van der Waals surface area contributed by atoms with Crippen molar-refractivity contribution in [3.63, 3.8) is 0 Å². The Bertz CT molecular complexity index is 143. The van der Waals surface area contributed by atoms with Gasteiger partial charge in [-0.1, -0.05) is 0 Å². The minimum atomic E-state index is -0.396. The van der Waals surface area contributed by atoms with Gasteiger partial charge in [0.15, 0.2) is 0 Å². The van der Waals surface area contributed by atoms with E-state index in [1.54, 1.807) is 6.92 Å². The molecule has 0 spiro atoms. The number of carbonyl (C=O) groups excluding carboxylic acids is 2. The molecule has 0 rings (SSSR count). The smallest absolute Gasteiger partial charge is 0.325 e. The van der Waals surface area contributed by atoms with Crippen molar-refractivity contribution in [1.82, 2.24) is 5.32 Å². The van der Waals surface area contributed by atoms with Crippen molar-refractivity contribution < 1.29 is 14.3 Å². The van der Waals surface area contributed by atoms with E-state index < -0.39 is 5.97 Å². The van der Waals surface area contributed by atoms with Crippen molar-refractivity contribution in [2.75, 3.05) is 25.2 Å². The van der Waals surface area contributed by atoms with Crippen molar-refractivity contribution in [3.8, 4) is 0 Å². The van der Waals surface area contributed by atoms with E-state index in [1.807, 2.05) is 6.26 Å². The van der Waals surface area contributed by atoms with Gasteiger partial charge in [0.2, 0.25) is 5.91 Å². The van der Waals surface area contributed by atoms with Crippen molar-refractivity contribution >= 4 is 23.6 Å². The second-order valence-electron chi connectivity index (χ2n) is 2.01.